The topological polar surface area (TPSA) is 49.6 Å². The number of hydrogen-bond donors (Lipinski definition) is 0. The summed E-state index contributed by atoms with van der Waals surface area (Å²) in [5, 5.41) is 13.9. The highest BCUT2D eigenvalue weighted by Crippen LogP contribution is 2.38. The van der Waals surface area contributed by atoms with Crippen molar-refractivity contribution in [3.63, 3.8) is 0 Å². The number of thioether (sulfide) groups is 1. The van der Waals surface area contributed by atoms with Gasteiger partial charge in [0.1, 0.15) is 16.2 Å². The molecule has 26 heavy (non-hydrogen) atoms. The Morgan fingerprint density at radius 3 is 2.77 bits per heavy atom. The molecule has 0 aliphatic rings. The highest BCUT2D eigenvalue weighted by molar-refractivity contribution is 7.98. The molecule has 2 aromatic heterocycles. The van der Waals surface area contributed by atoms with Crippen LogP contribution in [-0.2, 0) is 5.75 Å². The van der Waals surface area contributed by atoms with Crippen LogP contribution in [0.25, 0.3) is 21.3 Å². The van der Waals surface area contributed by atoms with Gasteiger partial charge in [0.15, 0.2) is 0 Å². The largest absolute Gasteiger partial charge is 0.229 e. The van der Waals surface area contributed by atoms with Gasteiger partial charge in [-0.25, -0.2) is 9.97 Å². The van der Waals surface area contributed by atoms with Crippen molar-refractivity contribution in [2.45, 2.75) is 10.8 Å². The lowest BCUT2D eigenvalue weighted by Gasteiger charge is -2.06. The normalized spacial score (nSPS) is 10.8. The Hall–Kier alpha value is -2.39. The third-order valence-corrected chi connectivity index (χ3v) is 6.12. The van der Waals surface area contributed by atoms with Crippen LogP contribution in [0.1, 0.15) is 11.1 Å². The second-order valence-electron chi connectivity index (χ2n) is 5.62. The number of thiophene rings is 1. The monoisotopic (exact) mass is 393 g/mol. The van der Waals surface area contributed by atoms with Crippen LogP contribution >= 0.6 is 34.7 Å². The second kappa shape index (κ2) is 7.46. The molecule has 0 spiro atoms. The Kier molecular flexibility index (Phi) is 4.89. The van der Waals surface area contributed by atoms with Crippen molar-refractivity contribution in [2.24, 2.45) is 0 Å². The molecular formula is C20H12ClN3S2. The summed E-state index contributed by atoms with van der Waals surface area (Å²) < 4.78 is 0. The molecule has 0 saturated carbocycles. The van der Waals surface area contributed by atoms with Crippen molar-refractivity contribution in [3.8, 4) is 17.2 Å². The molecule has 126 valence electrons. The number of aromatic nitrogens is 2. The first-order chi connectivity index (χ1) is 12.7. The number of benzene rings is 2. The number of nitriles is 1. The van der Waals surface area contributed by atoms with Crippen molar-refractivity contribution in [3.05, 3.63) is 76.4 Å². The fourth-order valence-electron chi connectivity index (χ4n) is 2.68. The predicted molar refractivity (Wildman–Crippen MR) is 109 cm³/mol. The first-order valence-corrected chi connectivity index (χ1v) is 10.1. The lowest BCUT2D eigenvalue weighted by molar-refractivity contribution is 1.11. The fraction of sp³-hybridized carbons (Fsp3) is 0.0500. The lowest BCUT2D eigenvalue weighted by Crippen LogP contribution is -1.88. The van der Waals surface area contributed by atoms with Gasteiger partial charge in [-0.1, -0.05) is 35.9 Å². The van der Waals surface area contributed by atoms with Crippen LogP contribution in [0.2, 0.25) is 5.02 Å². The average Bonchev–Trinajstić information content (AvgIpc) is 3.12. The number of nitrogens with zero attached hydrogens (tertiary/aromatic N) is 3. The minimum atomic E-state index is 0.674. The SMILES string of the molecule is N#Cc1cccc(CSc2ncnc3scc(-c4ccc(Cl)cc4)c23)c1. The second-order valence-corrected chi connectivity index (χ2v) is 7.87. The molecule has 0 N–H and O–H groups in total. The zero-order valence-corrected chi connectivity index (χ0v) is 15.9. The predicted octanol–water partition coefficient (Wildman–Crippen LogP) is 6.18. The first kappa shape index (κ1) is 17.0. The van der Waals surface area contributed by atoms with Crippen LogP contribution in [0, 0.1) is 11.3 Å². The van der Waals surface area contributed by atoms with E-state index in [-0.39, 0.29) is 0 Å². The zero-order chi connectivity index (χ0) is 17.9. The maximum Gasteiger partial charge on any atom is 0.128 e. The van der Waals surface area contributed by atoms with Crippen LogP contribution in [0.4, 0.5) is 0 Å². The lowest BCUT2D eigenvalue weighted by atomic mass is 10.1. The summed E-state index contributed by atoms with van der Waals surface area (Å²) in [6, 6.07) is 17.7. The van der Waals surface area contributed by atoms with Crippen molar-refractivity contribution in [1.29, 1.82) is 5.26 Å². The van der Waals surface area contributed by atoms with Gasteiger partial charge in [0.05, 0.1) is 17.0 Å². The summed E-state index contributed by atoms with van der Waals surface area (Å²) in [5.74, 6) is 0.748. The molecule has 0 unspecified atom stereocenters. The van der Waals surface area contributed by atoms with E-state index in [0.717, 1.165) is 42.7 Å². The molecule has 0 aliphatic heterocycles. The Balaban J connectivity index is 1.70. The first-order valence-electron chi connectivity index (χ1n) is 7.84. The van der Waals surface area contributed by atoms with Gasteiger partial charge in [-0.3, -0.25) is 0 Å². The highest BCUT2D eigenvalue weighted by Gasteiger charge is 2.13. The van der Waals surface area contributed by atoms with Crippen molar-refractivity contribution in [2.75, 3.05) is 0 Å². The molecule has 0 bridgehead atoms. The number of fused-ring (bicyclic) bond motifs is 1. The van der Waals surface area contributed by atoms with Crippen LogP contribution in [0.5, 0.6) is 0 Å². The summed E-state index contributed by atoms with van der Waals surface area (Å²) in [7, 11) is 0. The van der Waals surface area contributed by atoms with Crippen LogP contribution in [0.3, 0.4) is 0 Å². The van der Waals surface area contributed by atoms with E-state index in [0.29, 0.717) is 5.56 Å². The molecule has 0 fully saturated rings. The standard InChI is InChI=1S/C20H12ClN3S2/c21-16-6-4-15(5-7-16)17-11-26-20-18(17)19(23-12-24-20)25-10-14-3-1-2-13(8-14)9-22/h1-8,11-12H,10H2. The van der Waals surface area contributed by atoms with E-state index in [2.05, 4.69) is 21.4 Å². The van der Waals surface area contributed by atoms with E-state index in [1.165, 1.54) is 0 Å². The van der Waals surface area contributed by atoms with E-state index in [4.69, 9.17) is 16.9 Å². The van der Waals surface area contributed by atoms with Gasteiger partial charge in [0.25, 0.3) is 0 Å². The maximum absolute atomic E-state index is 9.06. The van der Waals surface area contributed by atoms with Gasteiger partial charge in [-0.05, 0) is 35.4 Å². The molecule has 4 rings (SSSR count). The summed E-state index contributed by atoms with van der Waals surface area (Å²) in [6.45, 7) is 0. The Morgan fingerprint density at radius 2 is 1.96 bits per heavy atom. The number of rotatable bonds is 4. The van der Waals surface area contributed by atoms with E-state index in [1.807, 2.05) is 48.5 Å². The summed E-state index contributed by atoms with van der Waals surface area (Å²) in [6.07, 6.45) is 1.61. The van der Waals surface area contributed by atoms with Gasteiger partial charge in [-0.2, -0.15) is 5.26 Å². The van der Waals surface area contributed by atoms with Crippen molar-refractivity contribution in [1.82, 2.24) is 9.97 Å². The third-order valence-electron chi connectivity index (χ3n) is 3.92. The molecule has 3 nitrogen and oxygen atoms in total. The summed E-state index contributed by atoms with van der Waals surface area (Å²) in [4.78, 5) is 9.89. The fourth-order valence-corrected chi connectivity index (χ4v) is 4.74. The van der Waals surface area contributed by atoms with E-state index < -0.39 is 0 Å². The number of halogens is 1. The Labute approximate surface area is 164 Å². The van der Waals surface area contributed by atoms with E-state index in [1.54, 1.807) is 29.4 Å². The van der Waals surface area contributed by atoms with Gasteiger partial charge in [0, 0.05) is 21.7 Å². The quantitative estimate of drug-likeness (QED) is 0.307. The molecule has 4 aromatic rings. The zero-order valence-electron chi connectivity index (χ0n) is 13.5. The minimum absolute atomic E-state index is 0.674. The van der Waals surface area contributed by atoms with Crippen LogP contribution < -0.4 is 0 Å². The Bertz CT molecular complexity index is 1110. The number of hydrogen-bond acceptors (Lipinski definition) is 5. The van der Waals surface area contributed by atoms with Crippen LogP contribution in [0.15, 0.2) is 65.3 Å². The van der Waals surface area contributed by atoms with Crippen molar-refractivity contribution >= 4 is 44.9 Å². The molecule has 0 aliphatic carbocycles. The summed E-state index contributed by atoms with van der Waals surface area (Å²) in [5.41, 5.74) is 4.00. The van der Waals surface area contributed by atoms with Gasteiger partial charge >= 0.3 is 0 Å². The maximum atomic E-state index is 9.06. The molecular weight excluding hydrogens is 382 g/mol. The van der Waals surface area contributed by atoms with Gasteiger partial charge < -0.3 is 0 Å². The molecule has 2 heterocycles. The van der Waals surface area contributed by atoms with E-state index in [9.17, 15) is 0 Å². The molecule has 6 heteroatoms. The van der Waals surface area contributed by atoms with Crippen molar-refractivity contribution < 1.29 is 0 Å². The van der Waals surface area contributed by atoms with E-state index >= 15 is 0 Å². The van der Waals surface area contributed by atoms with Gasteiger partial charge in [-0.15, -0.1) is 23.1 Å². The molecule has 0 atom stereocenters. The Morgan fingerprint density at radius 1 is 1.12 bits per heavy atom. The smallest absolute Gasteiger partial charge is 0.128 e. The third kappa shape index (κ3) is 3.45. The molecule has 2 aromatic carbocycles. The summed E-state index contributed by atoms with van der Waals surface area (Å²) >= 11 is 9.29. The highest BCUT2D eigenvalue weighted by atomic mass is 35.5. The molecule has 0 radical (unpaired) electrons. The van der Waals surface area contributed by atoms with Crippen LogP contribution in [-0.4, -0.2) is 9.97 Å². The van der Waals surface area contributed by atoms with Gasteiger partial charge in [0.2, 0.25) is 0 Å². The minimum Gasteiger partial charge on any atom is -0.229 e. The molecule has 0 amide bonds. The molecule has 0 saturated heterocycles. The average molecular weight is 394 g/mol.